The van der Waals surface area contributed by atoms with E-state index >= 15 is 0 Å². The van der Waals surface area contributed by atoms with Gasteiger partial charge in [0, 0.05) is 5.02 Å². The zero-order valence-electron chi connectivity index (χ0n) is 11.0. The van der Waals surface area contributed by atoms with E-state index in [1.54, 1.807) is 43.3 Å². The molecule has 0 fully saturated rings. The molecule has 1 aromatic carbocycles. The Labute approximate surface area is 137 Å². The third-order valence-electron chi connectivity index (χ3n) is 2.61. The van der Waals surface area contributed by atoms with E-state index in [2.05, 4.69) is 25.6 Å². The van der Waals surface area contributed by atoms with E-state index in [0.29, 0.717) is 21.0 Å². The van der Waals surface area contributed by atoms with Crippen LogP contribution in [0.1, 0.15) is 11.3 Å². The highest BCUT2D eigenvalue weighted by Gasteiger charge is 2.08. The maximum Gasteiger partial charge on any atom is 0.255 e. The summed E-state index contributed by atoms with van der Waals surface area (Å²) >= 11 is 9.00. The largest absolute Gasteiger partial charge is 0.278 e. The van der Waals surface area contributed by atoms with Crippen LogP contribution in [0.4, 0.5) is 5.69 Å². The molecule has 0 unspecified atom stereocenters. The standard InChI is InChI=1S/C14H12BrClN2O2S/c1-10-13(6-7-14(15)17-10)18-21(19,20)9-8-11-2-4-12(16)5-3-11/h2-9,18H,1H3/b9-8+. The van der Waals surface area contributed by atoms with Gasteiger partial charge in [0.1, 0.15) is 4.60 Å². The molecule has 110 valence electrons. The second kappa shape index (κ2) is 6.60. The van der Waals surface area contributed by atoms with E-state index in [1.807, 2.05) is 0 Å². The summed E-state index contributed by atoms with van der Waals surface area (Å²) in [4.78, 5) is 4.14. The highest BCUT2D eigenvalue weighted by molar-refractivity contribution is 9.10. The van der Waals surface area contributed by atoms with Gasteiger partial charge in [-0.2, -0.15) is 0 Å². The Balaban J connectivity index is 2.16. The minimum atomic E-state index is -3.60. The van der Waals surface area contributed by atoms with Gasteiger partial charge in [0.15, 0.2) is 0 Å². The molecule has 0 aliphatic carbocycles. The predicted octanol–water partition coefficient (Wildman–Crippen LogP) is 4.22. The monoisotopic (exact) mass is 386 g/mol. The number of anilines is 1. The average Bonchev–Trinajstić information content (AvgIpc) is 2.41. The summed E-state index contributed by atoms with van der Waals surface area (Å²) in [6.45, 7) is 1.73. The molecule has 0 amide bonds. The number of aromatic nitrogens is 1. The van der Waals surface area contributed by atoms with Crippen molar-refractivity contribution in [2.75, 3.05) is 4.72 Å². The Hall–Kier alpha value is -1.37. The number of benzene rings is 1. The van der Waals surface area contributed by atoms with E-state index in [1.165, 1.54) is 6.08 Å². The second-order valence-corrected chi connectivity index (χ2v) is 7.08. The molecule has 2 aromatic rings. The molecule has 1 aromatic heterocycles. The van der Waals surface area contributed by atoms with Gasteiger partial charge in [0.25, 0.3) is 10.0 Å². The van der Waals surface area contributed by atoms with Crippen LogP contribution < -0.4 is 4.72 Å². The van der Waals surface area contributed by atoms with Gasteiger partial charge in [-0.05, 0) is 58.8 Å². The van der Waals surface area contributed by atoms with Crippen LogP contribution in [0.3, 0.4) is 0 Å². The van der Waals surface area contributed by atoms with E-state index < -0.39 is 10.0 Å². The molecule has 0 spiro atoms. The smallest absolute Gasteiger partial charge is 0.255 e. The summed E-state index contributed by atoms with van der Waals surface area (Å²) < 4.78 is 27.2. The van der Waals surface area contributed by atoms with Crippen molar-refractivity contribution in [2.24, 2.45) is 0 Å². The molecule has 0 saturated carbocycles. The Bertz CT molecular complexity index is 774. The van der Waals surface area contributed by atoms with E-state index in [9.17, 15) is 8.42 Å². The zero-order valence-corrected chi connectivity index (χ0v) is 14.2. The van der Waals surface area contributed by atoms with Crippen LogP contribution in [0.15, 0.2) is 46.4 Å². The first-order valence-corrected chi connectivity index (χ1v) is 8.67. The average molecular weight is 388 g/mol. The number of nitrogens with one attached hydrogen (secondary N) is 1. The first kappa shape index (κ1) is 16.0. The molecule has 21 heavy (non-hydrogen) atoms. The number of aryl methyl sites for hydroxylation is 1. The molecule has 0 aliphatic heterocycles. The Morgan fingerprint density at radius 1 is 1.19 bits per heavy atom. The minimum Gasteiger partial charge on any atom is -0.278 e. The first-order valence-electron chi connectivity index (χ1n) is 5.95. The topological polar surface area (TPSA) is 59.1 Å². The van der Waals surface area contributed by atoms with Gasteiger partial charge in [-0.3, -0.25) is 4.72 Å². The predicted molar refractivity (Wildman–Crippen MR) is 89.7 cm³/mol. The van der Waals surface area contributed by atoms with Gasteiger partial charge in [-0.15, -0.1) is 0 Å². The highest BCUT2D eigenvalue weighted by atomic mass is 79.9. The first-order chi connectivity index (χ1) is 9.85. The third-order valence-corrected chi connectivity index (χ3v) is 4.31. The molecule has 2 rings (SSSR count). The molecule has 4 nitrogen and oxygen atoms in total. The summed E-state index contributed by atoms with van der Waals surface area (Å²) in [5.74, 6) is 0. The molecular weight excluding hydrogens is 376 g/mol. The Kier molecular flexibility index (Phi) is 5.03. The van der Waals surface area contributed by atoms with E-state index in [-0.39, 0.29) is 0 Å². The molecule has 7 heteroatoms. The number of hydrogen-bond acceptors (Lipinski definition) is 3. The molecule has 0 saturated heterocycles. The lowest BCUT2D eigenvalue weighted by atomic mass is 10.2. The lowest BCUT2D eigenvalue weighted by Gasteiger charge is -2.07. The van der Waals surface area contributed by atoms with Gasteiger partial charge < -0.3 is 0 Å². The molecule has 0 aliphatic rings. The maximum absolute atomic E-state index is 12.0. The van der Waals surface area contributed by atoms with Crippen LogP contribution in [0.5, 0.6) is 0 Å². The fourth-order valence-corrected chi connectivity index (χ4v) is 3.02. The van der Waals surface area contributed by atoms with Crippen molar-refractivity contribution in [3.8, 4) is 0 Å². The van der Waals surface area contributed by atoms with Crippen molar-refractivity contribution in [1.82, 2.24) is 4.98 Å². The van der Waals surface area contributed by atoms with Gasteiger partial charge >= 0.3 is 0 Å². The van der Waals surface area contributed by atoms with Crippen molar-refractivity contribution in [3.05, 3.63) is 62.7 Å². The summed E-state index contributed by atoms with van der Waals surface area (Å²) in [6.07, 6.45) is 1.50. The third kappa shape index (κ3) is 4.84. The van der Waals surface area contributed by atoms with Gasteiger partial charge in [0.2, 0.25) is 0 Å². The van der Waals surface area contributed by atoms with Gasteiger partial charge in [-0.1, -0.05) is 23.7 Å². The fourth-order valence-electron chi connectivity index (χ4n) is 1.57. The highest BCUT2D eigenvalue weighted by Crippen LogP contribution is 2.18. The number of hydrogen-bond donors (Lipinski definition) is 1. The van der Waals surface area contributed by atoms with Crippen LogP contribution in [0.25, 0.3) is 6.08 Å². The Morgan fingerprint density at radius 2 is 1.86 bits per heavy atom. The van der Waals surface area contributed by atoms with Crippen molar-refractivity contribution in [1.29, 1.82) is 0 Å². The summed E-state index contributed by atoms with van der Waals surface area (Å²) in [6, 6.07) is 10.2. The van der Waals surface area contributed by atoms with E-state index in [0.717, 1.165) is 11.0 Å². The van der Waals surface area contributed by atoms with Gasteiger partial charge in [-0.25, -0.2) is 13.4 Å². The van der Waals surface area contributed by atoms with Crippen molar-refractivity contribution < 1.29 is 8.42 Å². The summed E-state index contributed by atoms with van der Waals surface area (Å²) in [7, 11) is -3.60. The van der Waals surface area contributed by atoms with Crippen molar-refractivity contribution in [3.63, 3.8) is 0 Å². The molecular formula is C14H12BrClN2O2S. The summed E-state index contributed by atoms with van der Waals surface area (Å²) in [5.41, 5.74) is 1.78. The SMILES string of the molecule is Cc1nc(Br)ccc1NS(=O)(=O)/C=C/c1ccc(Cl)cc1. The number of sulfonamides is 1. The zero-order chi connectivity index (χ0) is 15.5. The normalized spacial score (nSPS) is 11.8. The summed E-state index contributed by atoms with van der Waals surface area (Å²) in [5, 5.41) is 1.71. The van der Waals surface area contributed by atoms with Gasteiger partial charge in [0.05, 0.1) is 16.8 Å². The lowest BCUT2D eigenvalue weighted by Crippen LogP contribution is -2.10. The van der Waals surface area contributed by atoms with Crippen molar-refractivity contribution >= 4 is 49.3 Å². The van der Waals surface area contributed by atoms with Crippen LogP contribution in [-0.4, -0.2) is 13.4 Å². The molecule has 0 bridgehead atoms. The van der Waals surface area contributed by atoms with Crippen LogP contribution in [0, 0.1) is 6.92 Å². The number of pyridine rings is 1. The van der Waals surface area contributed by atoms with Crippen molar-refractivity contribution in [2.45, 2.75) is 6.92 Å². The molecule has 0 radical (unpaired) electrons. The van der Waals surface area contributed by atoms with Crippen LogP contribution in [-0.2, 0) is 10.0 Å². The second-order valence-electron chi connectivity index (χ2n) is 4.27. The van der Waals surface area contributed by atoms with E-state index in [4.69, 9.17) is 11.6 Å². The Morgan fingerprint density at radius 3 is 2.48 bits per heavy atom. The quantitative estimate of drug-likeness (QED) is 0.799. The molecule has 1 N–H and O–H groups in total. The maximum atomic E-state index is 12.0. The molecule has 1 heterocycles. The number of rotatable bonds is 4. The number of nitrogens with zero attached hydrogens (tertiary/aromatic N) is 1. The van der Waals surface area contributed by atoms with Crippen LogP contribution in [0.2, 0.25) is 5.02 Å². The lowest BCUT2D eigenvalue weighted by molar-refractivity contribution is 0.609. The number of halogens is 2. The van der Waals surface area contributed by atoms with Crippen LogP contribution >= 0.6 is 27.5 Å². The fraction of sp³-hybridized carbons (Fsp3) is 0.0714. The molecule has 0 atom stereocenters. The minimum absolute atomic E-state index is 0.443.